The fraction of sp³-hybridized carbons (Fsp3) is 0.438. The van der Waals surface area contributed by atoms with Crippen molar-refractivity contribution in [2.45, 2.75) is 9.96 Å². The first-order valence-corrected chi connectivity index (χ1v) is 8.76. The molecule has 1 aromatic carbocycles. The highest BCUT2D eigenvalue weighted by atomic mass is 35.6. The van der Waals surface area contributed by atoms with Crippen LogP contribution in [0.3, 0.4) is 0 Å². The Morgan fingerprint density at radius 1 is 1.17 bits per heavy atom. The minimum Gasteiger partial charge on any atom is -0.328 e. The van der Waals surface area contributed by atoms with Crippen molar-refractivity contribution in [1.29, 1.82) is 0 Å². The molecule has 1 amide bonds. The normalized spacial score (nSPS) is 23.7. The second-order valence-corrected chi connectivity index (χ2v) is 8.21. The van der Waals surface area contributed by atoms with E-state index in [2.05, 4.69) is 12.4 Å². The van der Waals surface area contributed by atoms with Crippen LogP contribution in [0, 0.1) is 0 Å². The van der Waals surface area contributed by atoms with Crippen LogP contribution in [-0.2, 0) is 4.79 Å². The van der Waals surface area contributed by atoms with E-state index in [1.165, 1.54) is 11.0 Å². The van der Waals surface area contributed by atoms with Crippen molar-refractivity contribution in [3.8, 4) is 0 Å². The average molecular weight is 379 g/mol. The van der Waals surface area contributed by atoms with Crippen molar-refractivity contribution in [3.63, 3.8) is 0 Å². The number of alkyl halides is 3. The molecule has 1 aliphatic rings. The maximum Gasteiger partial charge on any atom is 0.262 e. The predicted octanol–water partition coefficient (Wildman–Crippen LogP) is -0.0745. The van der Waals surface area contributed by atoms with Crippen molar-refractivity contribution in [1.82, 2.24) is 5.32 Å². The summed E-state index contributed by atoms with van der Waals surface area (Å²) in [6, 6.07) is 9.60. The van der Waals surface area contributed by atoms with Crippen molar-refractivity contribution in [2.75, 3.05) is 33.2 Å². The van der Waals surface area contributed by atoms with Crippen LogP contribution in [0.25, 0.3) is 6.08 Å². The van der Waals surface area contributed by atoms with Crippen molar-refractivity contribution in [2.24, 2.45) is 0 Å². The van der Waals surface area contributed by atoms with Gasteiger partial charge in [-0.25, -0.2) is 0 Å². The number of hydrogen-bond donors (Lipinski definition) is 3. The molecule has 1 fully saturated rings. The zero-order valence-corrected chi connectivity index (χ0v) is 15.3. The summed E-state index contributed by atoms with van der Waals surface area (Å²) in [5.74, 6) is -0.260. The maximum absolute atomic E-state index is 12.2. The number of nitrogens with one attached hydrogen (secondary N) is 3. The maximum atomic E-state index is 12.2. The van der Waals surface area contributed by atoms with E-state index >= 15 is 0 Å². The molecule has 2 rings (SSSR count). The van der Waals surface area contributed by atoms with Gasteiger partial charge in [-0.15, -0.1) is 0 Å². The van der Waals surface area contributed by atoms with Gasteiger partial charge in [0.1, 0.15) is 26.2 Å². The van der Waals surface area contributed by atoms with Gasteiger partial charge in [0.15, 0.2) is 0 Å². The summed E-state index contributed by atoms with van der Waals surface area (Å²) in [4.78, 5) is 14.7. The number of piperazine rings is 1. The molecule has 0 saturated carbocycles. The lowest BCUT2D eigenvalue weighted by molar-refractivity contribution is -1.02. The van der Waals surface area contributed by atoms with Gasteiger partial charge in [0.05, 0.1) is 7.05 Å². The van der Waals surface area contributed by atoms with Gasteiger partial charge in [0, 0.05) is 6.08 Å². The number of halogens is 3. The Labute approximate surface area is 152 Å². The molecule has 0 spiro atoms. The van der Waals surface area contributed by atoms with Crippen LogP contribution in [0.5, 0.6) is 0 Å². The molecule has 7 heteroatoms. The summed E-state index contributed by atoms with van der Waals surface area (Å²) in [6.45, 7) is 3.69. The summed E-state index contributed by atoms with van der Waals surface area (Å²) in [5.41, 5.74) is 0.948. The summed E-state index contributed by atoms with van der Waals surface area (Å²) in [6.07, 6.45) is 2.65. The van der Waals surface area contributed by atoms with Crippen LogP contribution in [0.1, 0.15) is 5.56 Å². The number of amides is 1. The van der Waals surface area contributed by atoms with Crippen molar-refractivity contribution in [3.05, 3.63) is 42.0 Å². The smallest absolute Gasteiger partial charge is 0.262 e. The number of quaternary nitrogens is 2. The third-order valence-electron chi connectivity index (χ3n) is 3.99. The molecular formula is C16H22Cl3N3O+2. The van der Waals surface area contributed by atoms with Crippen LogP contribution >= 0.6 is 34.8 Å². The van der Waals surface area contributed by atoms with E-state index < -0.39 is 9.96 Å². The molecule has 0 aliphatic carbocycles. The van der Waals surface area contributed by atoms with E-state index in [4.69, 9.17) is 34.8 Å². The van der Waals surface area contributed by atoms with E-state index in [1.54, 1.807) is 6.08 Å². The zero-order chi connectivity index (χ0) is 16.9. The van der Waals surface area contributed by atoms with Crippen LogP contribution in [0.15, 0.2) is 36.4 Å². The predicted molar refractivity (Wildman–Crippen MR) is 95.0 cm³/mol. The lowest BCUT2D eigenvalue weighted by Gasteiger charge is -2.36. The first-order valence-electron chi connectivity index (χ1n) is 7.62. The molecule has 1 aromatic rings. The number of carbonyl (C=O) groups is 1. The van der Waals surface area contributed by atoms with E-state index in [1.807, 2.05) is 30.3 Å². The van der Waals surface area contributed by atoms with Gasteiger partial charge < -0.3 is 9.80 Å². The standard InChI is InChI=1S/C16H20Cl3N3O/c1-21-9-11-22(12-10-21)15(16(17,18)19)20-14(23)8-7-13-5-3-2-4-6-13/h2-8,15H,9-12H2,1H3,(H,20,23)/p+2/b8-7+/t15-/m1/s1. The lowest BCUT2D eigenvalue weighted by Crippen LogP contribution is -3.30. The van der Waals surface area contributed by atoms with Crippen LogP contribution in [0.4, 0.5) is 0 Å². The zero-order valence-electron chi connectivity index (χ0n) is 13.0. The third-order valence-corrected chi connectivity index (χ3v) is 4.65. The molecule has 0 radical (unpaired) electrons. The van der Waals surface area contributed by atoms with Gasteiger partial charge in [-0.3, -0.25) is 10.1 Å². The first-order chi connectivity index (χ1) is 10.9. The number of carbonyl (C=O) groups excluding carboxylic acids is 1. The Morgan fingerprint density at radius 3 is 2.35 bits per heavy atom. The van der Waals surface area contributed by atoms with Crippen molar-refractivity contribution >= 4 is 46.8 Å². The highest BCUT2D eigenvalue weighted by molar-refractivity contribution is 6.68. The van der Waals surface area contributed by atoms with Crippen LogP contribution in [-0.4, -0.2) is 49.1 Å². The quantitative estimate of drug-likeness (QED) is 0.498. The van der Waals surface area contributed by atoms with Gasteiger partial charge in [-0.05, 0) is 11.6 Å². The largest absolute Gasteiger partial charge is 0.328 e. The number of hydrogen-bond acceptors (Lipinski definition) is 1. The van der Waals surface area contributed by atoms with Gasteiger partial charge in [0.2, 0.25) is 12.1 Å². The SMILES string of the molecule is C[NH+]1CC[NH+]([C@@H](NC(=O)/C=C/c2ccccc2)C(Cl)(Cl)Cl)CC1. The molecular weight excluding hydrogens is 357 g/mol. The fourth-order valence-corrected chi connectivity index (χ4v) is 3.25. The molecule has 1 saturated heterocycles. The molecule has 0 bridgehead atoms. The average Bonchev–Trinajstić information content (AvgIpc) is 2.52. The summed E-state index contributed by atoms with van der Waals surface area (Å²) in [7, 11) is 2.14. The monoisotopic (exact) mass is 377 g/mol. The molecule has 126 valence electrons. The topological polar surface area (TPSA) is 38.0 Å². The summed E-state index contributed by atoms with van der Waals surface area (Å²) < 4.78 is -1.54. The molecule has 0 unspecified atom stereocenters. The second-order valence-electron chi connectivity index (χ2n) is 5.84. The van der Waals surface area contributed by atoms with E-state index in [-0.39, 0.29) is 5.91 Å². The molecule has 3 N–H and O–H groups in total. The Bertz CT molecular complexity index is 537. The highest BCUT2D eigenvalue weighted by Gasteiger charge is 2.43. The van der Waals surface area contributed by atoms with Gasteiger partial charge in [-0.1, -0.05) is 65.1 Å². The fourth-order valence-electron chi connectivity index (χ4n) is 2.63. The highest BCUT2D eigenvalue weighted by Crippen LogP contribution is 2.27. The lowest BCUT2D eigenvalue weighted by atomic mass is 10.2. The Balaban J connectivity index is 2.00. The van der Waals surface area contributed by atoms with Gasteiger partial charge in [-0.2, -0.15) is 0 Å². The molecule has 23 heavy (non-hydrogen) atoms. The second kappa shape index (κ2) is 8.36. The molecule has 0 aromatic heterocycles. The third kappa shape index (κ3) is 5.98. The van der Waals surface area contributed by atoms with Gasteiger partial charge in [0.25, 0.3) is 3.79 Å². The Hall–Kier alpha value is -0.780. The molecule has 4 nitrogen and oxygen atoms in total. The molecule has 1 heterocycles. The van der Waals surface area contributed by atoms with E-state index in [0.717, 1.165) is 36.6 Å². The van der Waals surface area contributed by atoms with Crippen molar-refractivity contribution < 1.29 is 14.6 Å². The van der Waals surface area contributed by atoms with E-state index in [9.17, 15) is 4.79 Å². The van der Waals surface area contributed by atoms with Crippen LogP contribution in [0.2, 0.25) is 0 Å². The Kier molecular flexibility index (Phi) is 6.74. The minimum atomic E-state index is -1.54. The molecule has 1 aliphatic heterocycles. The Morgan fingerprint density at radius 2 is 1.78 bits per heavy atom. The van der Waals surface area contributed by atoms with Gasteiger partial charge >= 0.3 is 0 Å². The van der Waals surface area contributed by atoms with Crippen LogP contribution < -0.4 is 15.1 Å². The van der Waals surface area contributed by atoms with E-state index in [0.29, 0.717) is 0 Å². The number of benzene rings is 1. The molecule has 1 atom stereocenters. The number of rotatable bonds is 4. The first kappa shape index (κ1) is 18.6. The minimum absolute atomic E-state index is 0.260. The summed E-state index contributed by atoms with van der Waals surface area (Å²) >= 11 is 18.3. The summed E-state index contributed by atoms with van der Waals surface area (Å²) in [5, 5.41) is 2.84. The number of likely N-dealkylation sites (N-methyl/N-ethyl adjacent to an activating group) is 1.